The van der Waals surface area contributed by atoms with Crippen LogP contribution >= 0.6 is 0 Å². The Bertz CT molecular complexity index is 560. The third kappa shape index (κ3) is 3.77. The third-order valence-corrected chi connectivity index (χ3v) is 4.35. The van der Waals surface area contributed by atoms with E-state index in [0.29, 0.717) is 5.69 Å². The Morgan fingerprint density at radius 3 is 2.64 bits per heavy atom. The van der Waals surface area contributed by atoms with Crippen molar-refractivity contribution in [3.63, 3.8) is 0 Å². The summed E-state index contributed by atoms with van der Waals surface area (Å²) in [4.78, 5) is 12.0. The summed E-state index contributed by atoms with van der Waals surface area (Å²) in [6.45, 7) is 3.83. The van der Waals surface area contributed by atoms with Crippen LogP contribution in [0.2, 0.25) is 0 Å². The first-order valence-electron chi connectivity index (χ1n) is 7.66. The Kier molecular flexibility index (Phi) is 5.04. The van der Waals surface area contributed by atoms with E-state index in [1.807, 2.05) is 26.0 Å². The van der Waals surface area contributed by atoms with Crippen molar-refractivity contribution in [2.24, 2.45) is 5.92 Å². The van der Waals surface area contributed by atoms with Gasteiger partial charge in [0.2, 0.25) is 0 Å². The molecular weight excluding hydrogens is 278 g/mol. The molecule has 1 aromatic rings. The zero-order chi connectivity index (χ0) is 16.2. The van der Waals surface area contributed by atoms with Crippen LogP contribution in [0.1, 0.15) is 38.7 Å². The number of rotatable bonds is 4. The summed E-state index contributed by atoms with van der Waals surface area (Å²) in [7, 11) is 0. The molecule has 2 rings (SSSR count). The minimum atomic E-state index is -0.543. The van der Waals surface area contributed by atoms with Crippen molar-refractivity contribution >= 4 is 11.7 Å². The van der Waals surface area contributed by atoms with Gasteiger partial charge in [-0.25, -0.2) is 4.79 Å². The lowest BCUT2D eigenvalue weighted by Gasteiger charge is -2.20. The van der Waals surface area contributed by atoms with Gasteiger partial charge in [0, 0.05) is 24.3 Å². The maximum atomic E-state index is 12.0. The van der Waals surface area contributed by atoms with Crippen LogP contribution in [0, 0.1) is 17.2 Å². The number of carbonyl (C=O) groups is 1. The van der Waals surface area contributed by atoms with E-state index < -0.39 is 5.41 Å². The van der Waals surface area contributed by atoms with Crippen LogP contribution in [-0.2, 0) is 5.41 Å². The number of nitrogens with zero attached hydrogens (tertiary/aromatic N) is 1. The van der Waals surface area contributed by atoms with Gasteiger partial charge in [-0.05, 0) is 44.4 Å². The SMILES string of the molecule is CC(C)(C#N)c1ccc(NC(=O)NC2CCCC2CO)cc1. The van der Waals surface area contributed by atoms with Crippen molar-refractivity contribution in [1.29, 1.82) is 5.26 Å². The fourth-order valence-electron chi connectivity index (χ4n) is 2.82. The average Bonchev–Trinajstić information content (AvgIpc) is 2.94. The topological polar surface area (TPSA) is 85.2 Å². The predicted molar refractivity (Wildman–Crippen MR) is 85.5 cm³/mol. The van der Waals surface area contributed by atoms with Crippen LogP contribution in [0.3, 0.4) is 0 Å². The number of aliphatic hydroxyl groups is 1. The van der Waals surface area contributed by atoms with E-state index in [-0.39, 0.29) is 24.6 Å². The number of hydrogen-bond donors (Lipinski definition) is 3. The largest absolute Gasteiger partial charge is 0.396 e. The molecule has 2 amide bonds. The van der Waals surface area contributed by atoms with Gasteiger partial charge in [-0.3, -0.25) is 0 Å². The quantitative estimate of drug-likeness (QED) is 0.799. The van der Waals surface area contributed by atoms with E-state index in [2.05, 4.69) is 16.7 Å². The minimum Gasteiger partial charge on any atom is -0.396 e. The monoisotopic (exact) mass is 301 g/mol. The summed E-state index contributed by atoms with van der Waals surface area (Å²) >= 11 is 0. The second-order valence-corrected chi connectivity index (χ2v) is 6.39. The lowest BCUT2D eigenvalue weighted by molar-refractivity contribution is 0.203. The van der Waals surface area contributed by atoms with Crippen molar-refractivity contribution in [2.75, 3.05) is 11.9 Å². The molecule has 0 radical (unpaired) electrons. The molecule has 1 aliphatic carbocycles. The van der Waals surface area contributed by atoms with Crippen LogP contribution in [-0.4, -0.2) is 23.8 Å². The molecule has 22 heavy (non-hydrogen) atoms. The lowest BCUT2D eigenvalue weighted by Crippen LogP contribution is -2.41. The summed E-state index contributed by atoms with van der Waals surface area (Å²) in [5.41, 5.74) is 1.06. The molecule has 1 aliphatic rings. The molecular formula is C17H23N3O2. The van der Waals surface area contributed by atoms with Crippen molar-refractivity contribution in [3.05, 3.63) is 29.8 Å². The first-order chi connectivity index (χ1) is 10.5. The molecule has 2 unspecified atom stereocenters. The van der Waals surface area contributed by atoms with Crippen LogP contribution in [0.15, 0.2) is 24.3 Å². The number of carbonyl (C=O) groups excluding carboxylic acids is 1. The highest BCUT2D eigenvalue weighted by atomic mass is 16.3. The highest BCUT2D eigenvalue weighted by Crippen LogP contribution is 2.26. The predicted octanol–water partition coefficient (Wildman–Crippen LogP) is 2.77. The zero-order valence-corrected chi connectivity index (χ0v) is 13.1. The van der Waals surface area contributed by atoms with E-state index in [1.165, 1.54) is 0 Å². The number of amides is 2. The molecule has 1 fully saturated rings. The molecule has 1 aromatic carbocycles. The normalized spacial score (nSPS) is 21.2. The smallest absolute Gasteiger partial charge is 0.319 e. The molecule has 0 aromatic heterocycles. The molecule has 5 heteroatoms. The van der Waals surface area contributed by atoms with Crippen LogP contribution < -0.4 is 10.6 Å². The zero-order valence-electron chi connectivity index (χ0n) is 13.1. The minimum absolute atomic E-state index is 0.0433. The summed E-state index contributed by atoms with van der Waals surface area (Å²) in [6.07, 6.45) is 2.90. The Labute approximate surface area is 131 Å². The maximum absolute atomic E-state index is 12.0. The highest BCUT2D eigenvalue weighted by molar-refractivity contribution is 5.89. The molecule has 0 saturated heterocycles. The fraction of sp³-hybridized carbons (Fsp3) is 0.529. The van der Waals surface area contributed by atoms with E-state index in [9.17, 15) is 9.90 Å². The number of hydrogen-bond acceptors (Lipinski definition) is 3. The Morgan fingerprint density at radius 1 is 1.36 bits per heavy atom. The van der Waals surface area contributed by atoms with Crippen molar-refractivity contribution in [1.82, 2.24) is 5.32 Å². The Balaban J connectivity index is 1.94. The molecule has 0 spiro atoms. The van der Waals surface area contributed by atoms with Gasteiger partial charge in [0.15, 0.2) is 0 Å². The molecule has 2 atom stereocenters. The molecule has 0 bridgehead atoms. The summed E-state index contributed by atoms with van der Waals surface area (Å²) in [5, 5.41) is 24.1. The van der Waals surface area contributed by atoms with Crippen LogP contribution in [0.5, 0.6) is 0 Å². The van der Waals surface area contributed by atoms with E-state index in [0.717, 1.165) is 24.8 Å². The van der Waals surface area contributed by atoms with Gasteiger partial charge in [-0.15, -0.1) is 0 Å². The maximum Gasteiger partial charge on any atom is 0.319 e. The number of aliphatic hydroxyl groups excluding tert-OH is 1. The number of nitrogens with one attached hydrogen (secondary N) is 2. The van der Waals surface area contributed by atoms with Gasteiger partial charge < -0.3 is 15.7 Å². The van der Waals surface area contributed by atoms with Gasteiger partial charge in [0.1, 0.15) is 0 Å². The molecule has 5 nitrogen and oxygen atoms in total. The molecule has 3 N–H and O–H groups in total. The van der Waals surface area contributed by atoms with E-state index >= 15 is 0 Å². The molecule has 0 aliphatic heterocycles. The van der Waals surface area contributed by atoms with E-state index in [4.69, 9.17) is 5.26 Å². The van der Waals surface area contributed by atoms with Gasteiger partial charge in [-0.1, -0.05) is 18.6 Å². The number of urea groups is 1. The van der Waals surface area contributed by atoms with Crippen LogP contribution in [0.4, 0.5) is 10.5 Å². The lowest BCUT2D eigenvalue weighted by atomic mass is 9.86. The number of benzene rings is 1. The van der Waals surface area contributed by atoms with Gasteiger partial charge in [0.05, 0.1) is 11.5 Å². The fourth-order valence-corrected chi connectivity index (χ4v) is 2.82. The van der Waals surface area contributed by atoms with Gasteiger partial charge >= 0.3 is 6.03 Å². The highest BCUT2D eigenvalue weighted by Gasteiger charge is 2.27. The van der Waals surface area contributed by atoms with Gasteiger partial charge in [0.25, 0.3) is 0 Å². The molecule has 0 heterocycles. The third-order valence-electron chi connectivity index (χ3n) is 4.35. The Morgan fingerprint density at radius 2 is 2.05 bits per heavy atom. The molecule has 118 valence electrons. The van der Waals surface area contributed by atoms with Gasteiger partial charge in [-0.2, -0.15) is 5.26 Å². The van der Waals surface area contributed by atoms with Crippen molar-refractivity contribution in [3.8, 4) is 6.07 Å². The summed E-state index contributed by atoms with van der Waals surface area (Å²) in [5.74, 6) is 0.157. The van der Waals surface area contributed by atoms with Crippen molar-refractivity contribution < 1.29 is 9.90 Å². The van der Waals surface area contributed by atoms with E-state index in [1.54, 1.807) is 12.1 Å². The standard InChI is InChI=1S/C17H23N3O2/c1-17(2,11-18)13-6-8-14(9-7-13)19-16(22)20-15-5-3-4-12(15)10-21/h6-9,12,15,21H,3-5,10H2,1-2H3,(H2,19,20,22). The summed E-state index contributed by atoms with van der Waals surface area (Å²) < 4.78 is 0. The summed E-state index contributed by atoms with van der Waals surface area (Å²) in [6, 6.07) is 9.34. The average molecular weight is 301 g/mol. The first-order valence-corrected chi connectivity index (χ1v) is 7.66. The van der Waals surface area contributed by atoms with Crippen LogP contribution in [0.25, 0.3) is 0 Å². The number of nitriles is 1. The van der Waals surface area contributed by atoms with Crippen molar-refractivity contribution in [2.45, 2.75) is 44.6 Å². The second kappa shape index (κ2) is 6.80. The first kappa shape index (κ1) is 16.3. The number of anilines is 1. The second-order valence-electron chi connectivity index (χ2n) is 6.39. The molecule has 1 saturated carbocycles. The Hall–Kier alpha value is -2.06.